The van der Waals surface area contributed by atoms with Gasteiger partial charge in [-0.2, -0.15) is 0 Å². The third-order valence-electron chi connectivity index (χ3n) is 4.09. The third-order valence-corrected chi connectivity index (χ3v) is 4.09. The van der Waals surface area contributed by atoms with E-state index in [2.05, 4.69) is 26.1 Å². The standard InChI is InChI=1S/C14H28N2O2/c1-9(2)13(8-18-4)16-14(17)11-5-6-12(15)10(3)7-11/h9-13H,5-8,15H2,1-4H3,(H,16,17). The molecule has 0 heterocycles. The molecule has 1 rings (SSSR count). The van der Waals surface area contributed by atoms with Crippen molar-refractivity contribution in [3.63, 3.8) is 0 Å². The van der Waals surface area contributed by atoms with Crippen molar-refractivity contribution < 1.29 is 9.53 Å². The van der Waals surface area contributed by atoms with Crippen LogP contribution in [0.15, 0.2) is 0 Å². The minimum atomic E-state index is 0.105. The molecule has 0 radical (unpaired) electrons. The Morgan fingerprint density at radius 2 is 2.11 bits per heavy atom. The fourth-order valence-electron chi connectivity index (χ4n) is 2.54. The Morgan fingerprint density at radius 1 is 1.44 bits per heavy atom. The molecular weight excluding hydrogens is 228 g/mol. The summed E-state index contributed by atoms with van der Waals surface area (Å²) in [5.74, 6) is 1.12. The maximum atomic E-state index is 12.2. The smallest absolute Gasteiger partial charge is 0.223 e. The summed E-state index contributed by atoms with van der Waals surface area (Å²) in [5, 5.41) is 3.12. The van der Waals surface area contributed by atoms with E-state index < -0.39 is 0 Å². The SMILES string of the molecule is COCC(NC(=O)C1CCC(N)C(C)C1)C(C)C. The molecule has 0 spiro atoms. The highest BCUT2D eigenvalue weighted by atomic mass is 16.5. The first-order chi connectivity index (χ1) is 8.45. The lowest BCUT2D eigenvalue weighted by molar-refractivity contribution is -0.128. The van der Waals surface area contributed by atoms with Crippen LogP contribution in [-0.2, 0) is 9.53 Å². The van der Waals surface area contributed by atoms with Gasteiger partial charge in [-0.3, -0.25) is 4.79 Å². The number of rotatable bonds is 5. The Bertz CT molecular complexity index is 269. The van der Waals surface area contributed by atoms with Gasteiger partial charge in [0.1, 0.15) is 0 Å². The Hall–Kier alpha value is -0.610. The molecule has 0 bridgehead atoms. The van der Waals surface area contributed by atoms with Crippen molar-refractivity contribution in [2.75, 3.05) is 13.7 Å². The minimum absolute atomic E-state index is 0.105. The Kier molecular flexibility index (Phi) is 6.09. The molecule has 4 heteroatoms. The molecule has 106 valence electrons. The van der Waals surface area contributed by atoms with Crippen molar-refractivity contribution in [3.8, 4) is 0 Å². The molecule has 3 N–H and O–H groups in total. The van der Waals surface area contributed by atoms with Crippen molar-refractivity contribution in [2.45, 2.75) is 52.1 Å². The molecule has 4 nitrogen and oxygen atoms in total. The van der Waals surface area contributed by atoms with Crippen LogP contribution in [0.5, 0.6) is 0 Å². The van der Waals surface area contributed by atoms with Crippen molar-refractivity contribution in [1.82, 2.24) is 5.32 Å². The first-order valence-electron chi connectivity index (χ1n) is 7.00. The van der Waals surface area contributed by atoms with E-state index in [1.165, 1.54) is 0 Å². The lowest BCUT2D eigenvalue weighted by Gasteiger charge is -2.32. The second kappa shape index (κ2) is 7.10. The van der Waals surface area contributed by atoms with Crippen molar-refractivity contribution >= 4 is 5.91 Å². The molecule has 1 saturated carbocycles. The van der Waals surface area contributed by atoms with Gasteiger partial charge in [0, 0.05) is 19.1 Å². The number of hydrogen-bond acceptors (Lipinski definition) is 3. The molecule has 1 fully saturated rings. The van der Waals surface area contributed by atoms with Crippen LogP contribution in [0.4, 0.5) is 0 Å². The maximum absolute atomic E-state index is 12.2. The number of carbonyl (C=O) groups is 1. The molecule has 18 heavy (non-hydrogen) atoms. The number of amides is 1. The number of nitrogens with one attached hydrogen (secondary N) is 1. The van der Waals surface area contributed by atoms with Crippen LogP contribution in [0.1, 0.15) is 40.0 Å². The van der Waals surface area contributed by atoms with Crippen LogP contribution in [0.2, 0.25) is 0 Å². The molecule has 0 aromatic heterocycles. The fourth-order valence-corrected chi connectivity index (χ4v) is 2.54. The summed E-state index contributed by atoms with van der Waals surface area (Å²) < 4.78 is 5.16. The largest absolute Gasteiger partial charge is 0.383 e. The first-order valence-corrected chi connectivity index (χ1v) is 7.00. The second-order valence-electron chi connectivity index (χ2n) is 5.97. The van der Waals surface area contributed by atoms with Crippen LogP contribution in [0.3, 0.4) is 0 Å². The summed E-state index contributed by atoms with van der Waals surface area (Å²) in [6.07, 6.45) is 2.77. The lowest BCUT2D eigenvalue weighted by atomic mass is 9.79. The highest BCUT2D eigenvalue weighted by molar-refractivity contribution is 5.79. The van der Waals surface area contributed by atoms with E-state index in [4.69, 9.17) is 10.5 Å². The molecule has 0 aromatic rings. The number of hydrogen-bond donors (Lipinski definition) is 2. The van der Waals surface area contributed by atoms with Gasteiger partial charge in [-0.25, -0.2) is 0 Å². The van der Waals surface area contributed by atoms with Gasteiger partial charge in [-0.05, 0) is 31.1 Å². The van der Waals surface area contributed by atoms with Gasteiger partial charge in [0.25, 0.3) is 0 Å². The van der Waals surface area contributed by atoms with Crippen LogP contribution in [0, 0.1) is 17.8 Å². The van der Waals surface area contributed by atoms with E-state index in [1.807, 2.05) is 0 Å². The summed E-state index contributed by atoms with van der Waals surface area (Å²) in [4.78, 5) is 12.2. The quantitative estimate of drug-likeness (QED) is 0.784. The Balaban J connectivity index is 2.48. The topological polar surface area (TPSA) is 64.3 Å². The van der Waals surface area contributed by atoms with Crippen molar-refractivity contribution in [2.24, 2.45) is 23.5 Å². The Morgan fingerprint density at radius 3 is 2.61 bits per heavy atom. The van der Waals surface area contributed by atoms with E-state index >= 15 is 0 Å². The van der Waals surface area contributed by atoms with Gasteiger partial charge >= 0.3 is 0 Å². The molecule has 1 amide bonds. The van der Waals surface area contributed by atoms with Gasteiger partial charge in [-0.1, -0.05) is 20.8 Å². The van der Waals surface area contributed by atoms with Crippen molar-refractivity contribution in [1.29, 1.82) is 0 Å². The van der Waals surface area contributed by atoms with E-state index in [1.54, 1.807) is 7.11 Å². The summed E-state index contributed by atoms with van der Waals surface area (Å²) >= 11 is 0. The van der Waals surface area contributed by atoms with Crippen LogP contribution >= 0.6 is 0 Å². The molecule has 1 aliphatic carbocycles. The van der Waals surface area contributed by atoms with Gasteiger partial charge < -0.3 is 15.8 Å². The normalized spacial score (nSPS) is 30.2. The van der Waals surface area contributed by atoms with Crippen molar-refractivity contribution in [3.05, 3.63) is 0 Å². The maximum Gasteiger partial charge on any atom is 0.223 e. The molecule has 1 aliphatic rings. The highest BCUT2D eigenvalue weighted by Crippen LogP contribution is 2.28. The van der Waals surface area contributed by atoms with Crippen LogP contribution < -0.4 is 11.1 Å². The third kappa shape index (κ3) is 4.25. The molecular formula is C14H28N2O2. The summed E-state index contributed by atoms with van der Waals surface area (Å²) in [7, 11) is 1.67. The number of methoxy groups -OCH3 is 1. The molecule has 0 saturated heterocycles. The van der Waals surface area contributed by atoms with Crippen LogP contribution in [0.25, 0.3) is 0 Å². The van der Waals surface area contributed by atoms with E-state index in [0.717, 1.165) is 19.3 Å². The first kappa shape index (κ1) is 15.4. The molecule has 4 unspecified atom stereocenters. The monoisotopic (exact) mass is 256 g/mol. The average Bonchev–Trinajstić information content (AvgIpc) is 2.31. The number of ether oxygens (including phenoxy) is 1. The van der Waals surface area contributed by atoms with E-state index in [0.29, 0.717) is 18.4 Å². The van der Waals surface area contributed by atoms with E-state index in [9.17, 15) is 4.79 Å². The zero-order valence-electron chi connectivity index (χ0n) is 12.1. The lowest BCUT2D eigenvalue weighted by Crippen LogP contribution is -2.47. The number of nitrogens with two attached hydrogens (primary N) is 1. The second-order valence-corrected chi connectivity index (χ2v) is 5.97. The average molecular weight is 256 g/mol. The molecule has 0 aliphatic heterocycles. The Labute approximate surface area is 111 Å². The predicted octanol–water partition coefficient (Wildman–Crippen LogP) is 1.54. The van der Waals surface area contributed by atoms with Crippen LogP contribution in [-0.4, -0.2) is 31.7 Å². The fraction of sp³-hybridized carbons (Fsp3) is 0.929. The van der Waals surface area contributed by atoms with E-state index in [-0.39, 0.29) is 23.9 Å². The van der Waals surface area contributed by atoms with Gasteiger partial charge in [-0.15, -0.1) is 0 Å². The minimum Gasteiger partial charge on any atom is -0.383 e. The van der Waals surface area contributed by atoms with Gasteiger partial charge in [0.2, 0.25) is 5.91 Å². The summed E-state index contributed by atoms with van der Waals surface area (Å²) in [6.45, 7) is 6.91. The summed E-state index contributed by atoms with van der Waals surface area (Å²) in [6, 6.07) is 0.363. The van der Waals surface area contributed by atoms with Gasteiger partial charge in [0.05, 0.1) is 12.6 Å². The summed E-state index contributed by atoms with van der Waals surface area (Å²) in [5.41, 5.74) is 5.99. The zero-order chi connectivity index (χ0) is 13.7. The number of carbonyl (C=O) groups excluding carboxylic acids is 1. The predicted molar refractivity (Wildman–Crippen MR) is 73.1 cm³/mol. The molecule has 4 atom stereocenters. The zero-order valence-corrected chi connectivity index (χ0v) is 12.1. The molecule has 0 aromatic carbocycles. The highest BCUT2D eigenvalue weighted by Gasteiger charge is 2.30. The van der Waals surface area contributed by atoms with Gasteiger partial charge in [0.15, 0.2) is 0 Å².